The molecule has 342 valence electrons. The van der Waals surface area contributed by atoms with Crippen molar-refractivity contribution < 1.29 is 0 Å². The standard InChI is InChI=1S/C68H43N3S2/c1-3-21-46(22-4-1)69(47-23-5-2-6-24-47)49-39-45(59-43-63-67(56-29-10-9-26-52(56)59)58-30-11-14-32-61(58)71(63)60-33-17-20-44-19-7-8-25-51(44)60)40-50(41-49)70(48-37-38-55-53-27-12-15-35-64(53)72-66(55)42-48)62-34-18-31-57-54-28-13-16-36-65(54)73-68(57)62/h1-43H. The predicted octanol–water partition coefficient (Wildman–Crippen LogP) is 20.4. The molecule has 0 radical (unpaired) electrons. The molecule has 0 aliphatic heterocycles. The molecule has 0 saturated carbocycles. The Kier molecular flexibility index (Phi) is 9.62. The molecule has 15 aromatic rings. The quantitative estimate of drug-likeness (QED) is 0.150. The largest absolute Gasteiger partial charge is 0.310 e. The van der Waals surface area contributed by atoms with Crippen LogP contribution in [0.15, 0.2) is 261 Å². The molecule has 0 spiro atoms. The molecule has 3 aromatic heterocycles. The Balaban J connectivity index is 1.07. The van der Waals surface area contributed by atoms with Crippen molar-refractivity contribution in [2.45, 2.75) is 0 Å². The Morgan fingerprint density at radius 1 is 0.301 bits per heavy atom. The first-order chi connectivity index (χ1) is 36.2. The third-order valence-electron chi connectivity index (χ3n) is 14.7. The Labute approximate surface area is 429 Å². The molecule has 0 aliphatic carbocycles. The second kappa shape index (κ2) is 16.8. The molecule has 15 rings (SSSR count). The summed E-state index contributed by atoms with van der Waals surface area (Å²) in [6.07, 6.45) is 0. The molecular formula is C68H43N3S2. The van der Waals surface area contributed by atoms with Gasteiger partial charge < -0.3 is 14.4 Å². The second-order valence-corrected chi connectivity index (χ2v) is 21.0. The van der Waals surface area contributed by atoms with Gasteiger partial charge in [-0.05, 0) is 118 Å². The van der Waals surface area contributed by atoms with E-state index in [2.05, 4.69) is 275 Å². The van der Waals surface area contributed by atoms with Crippen LogP contribution in [-0.4, -0.2) is 4.57 Å². The summed E-state index contributed by atoms with van der Waals surface area (Å²) in [4.78, 5) is 4.94. The fraction of sp³-hybridized carbons (Fsp3) is 0. The van der Waals surface area contributed by atoms with Crippen LogP contribution in [0, 0.1) is 0 Å². The summed E-state index contributed by atoms with van der Waals surface area (Å²) >= 11 is 3.73. The Hall–Kier alpha value is -9.00. The summed E-state index contributed by atoms with van der Waals surface area (Å²) in [5.74, 6) is 0. The minimum absolute atomic E-state index is 1.06. The van der Waals surface area contributed by atoms with Gasteiger partial charge in [0.2, 0.25) is 0 Å². The lowest BCUT2D eigenvalue weighted by Gasteiger charge is -2.31. The molecule has 12 aromatic carbocycles. The van der Waals surface area contributed by atoms with Gasteiger partial charge in [0, 0.05) is 80.2 Å². The molecule has 0 saturated heterocycles. The van der Waals surface area contributed by atoms with Crippen molar-refractivity contribution in [3.05, 3.63) is 261 Å². The molecular weight excluding hydrogens is 923 g/mol. The van der Waals surface area contributed by atoms with Crippen LogP contribution in [-0.2, 0) is 0 Å². The van der Waals surface area contributed by atoms with Gasteiger partial charge in [-0.15, -0.1) is 22.7 Å². The van der Waals surface area contributed by atoms with Crippen LogP contribution >= 0.6 is 22.7 Å². The summed E-state index contributed by atoms with van der Waals surface area (Å²) in [7, 11) is 0. The number of aromatic nitrogens is 1. The molecule has 0 fully saturated rings. The Morgan fingerprint density at radius 2 is 0.863 bits per heavy atom. The van der Waals surface area contributed by atoms with Gasteiger partial charge in [-0.3, -0.25) is 0 Å². The maximum atomic E-state index is 2.52. The third-order valence-corrected chi connectivity index (χ3v) is 17.0. The van der Waals surface area contributed by atoms with Crippen molar-refractivity contribution in [3.8, 4) is 16.8 Å². The number of rotatable bonds is 8. The van der Waals surface area contributed by atoms with Crippen molar-refractivity contribution in [3.63, 3.8) is 0 Å². The Morgan fingerprint density at radius 3 is 1.63 bits per heavy atom. The molecule has 5 heteroatoms. The zero-order valence-corrected chi connectivity index (χ0v) is 41.1. The second-order valence-electron chi connectivity index (χ2n) is 18.8. The number of benzene rings is 12. The minimum Gasteiger partial charge on any atom is -0.310 e. The average molecular weight is 966 g/mol. The molecule has 0 bridgehead atoms. The highest BCUT2D eigenvalue weighted by atomic mass is 32.1. The zero-order valence-electron chi connectivity index (χ0n) is 39.5. The van der Waals surface area contributed by atoms with Crippen molar-refractivity contribution >= 4 is 140 Å². The maximum Gasteiger partial charge on any atom is 0.0640 e. The van der Waals surface area contributed by atoms with Crippen LogP contribution in [0.3, 0.4) is 0 Å². The Bertz CT molecular complexity index is 4600. The molecule has 0 atom stereocenters. The third kappa shape index (κ3) is 6.70. The summed E-state index contributed by atoms with van der Waals surface area (Å²) < 4.78 is 7.59. The van der Waals surface area contributed by atoms with Gasteiger partial charge in [0.1, 0.15) is 0 Å². The van der Waals surface area contributed by atoms with E-state index >= 15 is 0 Å². The molecule has 0 unspecified atom stereocenters. The highest BCUT2D eigenvalue weighted by molar-refractivity contribution is 7.26. The molecule has 3 heterocycles. The summed E-state index contributed by atoms with van der Waals surface area (Å²) in [5, 5.41) is 12.5. The van der Waals surface area contributed by atoms with E-state index in [0.717, 1.165) is 45.3 Å². The number of fused-ring (bicyclic) bond motifs is 12. The number of anilines is 6. The summed E-state index contributed by atoms with van der Waals surface area (Å²) in [5.41, 5.74) is 12.3. The first-order valence-electron chi connectivity index (χ1n) is 24.8. The average Bonchev–Trinajstić information content (AvgIpc) is 4.13. The molecule has 0 aliphatic rings. The highest BCUT2D eigenvalue weighted by Crippen LogP contribution is 2.50. The van der Waals surface area contributed by atoms with E-state index in [1.165, 1.54) is 89.4 Å². The molecule has 0 amide bonds. The minimum atomic E-state index is 1.06. The van der Waals surface area contributed by atoms with Crippen molar-refractivity contribution in [1.82, 2.24) is 4.57 Å². The van der Waals surface area contributed by atoms with E-state index in [-0.39, 0.29) is 0 Å². The first-order valence-corrected chi connectivity index (χ1v) is 26.5. The van der Waals surface area contributed by atoms with E-state index < -0.39 is 0 Å². The van der Waals surface area contributed by atoms with Crippen LogP contribution in [0.1, 0.15) is 0 Å². The smallest absolute Gasteiger partial charge is 0.0640 e. The van der Waals surface area contributed by atoms with Crippen LogP contribution < -0.4 is 9.80 Å². The summed E-state index contributed by atoms with van der Waals surface area (Å²) in [6, 6.07) is 96.3. The monoisotopic (exact) mass is 965 g/mol. The zero-order chi connectivity index (χ0) is 48.0. The highest BCUT2D eigenvalue weighted by Gasteiger charge is 2.25. The van der Waals surface area contributed by atoms with Gasteiger partial charge in [0.25, 0.3) is 0 Å². The van der Waals surface area contributed by atoms with Crippen molar-refractivity contribution in [2.24, 2.45) is 0 Å². The fourth-order valence-corrected chi connectivity index (χ4v) is 13.9. The lowest BCUT2D eigenvalue weighted by molar-refractivity contribution is 1.20. The fourth-order valence-electron chi connectivity index (χ4n) is 11.5. The van der Waals surface area contributed by atoms with Gasteiger partial charge in [0.05, 0.1) is 27.1 Å². The van der Waals surface area contributed by atoms with Crippen LogP contribution in [0.2, 0.25) is 0 Å². The number of hydrogen-bond acceptors (Lipinski definition) is 4. The first kappa shape index (κ1) is 41.8. The van der Waals surface area contributed by atoms with Crippen molar-refractivity contribution in [2.75, 3.05) is 9.80 Å². The van der Waals surface area contributed by atoms with Crippen LogP contribution in [0.25, 0.3) is 101 Å². The molecule has 0 N–H and O–H groups in total. The van der Waals surface area contributed by atoms with E-state index in [1.54, 1.807) is 0 Å². The van der Waals surface area contributed by atoms with Gasteiger partial charge in [0.15, 0.2) is 0 Å². The van der Waals surface area contributed by atoms with Crippen LogP contribution in [0.4, 0.5) is 34.1 Å². The maximum absolute atomic E-state index is 2.52. The van der Waals surface area contributed by atoms with Gasteiger partial charge in [-0.1, -0.05) is 170 Å². The number of para-hydroxylation sites is 3. The van der Waals surface area contributed by atoms with E-state index in [0.29, 0.717) is 0 Å². The van der Waals surface area contributed by atoms with Crippen molar-refractivity contribution in [1.29, 1.82) is 0 Å². The van der Waals surface area contributed by atoms with Crippen LogP contribution in [0.5, 0.6) is 0 Å². The van der Waals surface area contributed by atoms with E-state index in [4.69, 9.17) is 0 Å². The van der Waals surface area contributed by atoms with E-state index in [1.807, 2.05) is 22.7 Å². The topological polar surface area (TPSA) is 11.4 Å². The van der Waals surface area contributed by atoms with E-state index in [9.17, 15) is 0 Å². The lowest BCUT2D eigenvalue weighted by Crippen LogP contribution is -2.13. The molecule has 73 heavy (non-hydrogen) atoms. The van der Waals surface area contributed by atoms with Gasteiger partial charge >= 0.3 is 0 Å². The molecule has 3 nitrogen and oxygen atoms in total. The SMILES string of the molecule is c1ccc(N(c2ccccc2)c2cc(-c3cc4c(c5ccccc35)c3ccccc3n4-c3cccc4ccccc34)cc(N(c3ccc4c(c3)sc3ccccc34)c3cccc4c3sc3ccccc34)c2)cc1. The van der Waals surface area contributed by atoms with Gasteiger partial charge in [-0.25, -0.2) is 0 Å². The van der Waals surface area contributed by atoms with Gasteiger partial charge in [-0.2, -0.15) is 0 Å². The number of nitrogens with zero attached hydrogens (tertiary/aromatic N) is 3. The summed E-state index contributed by atoms with van der Waals surface area (Å²) in [6.45, 7) is 0. The number of hydrogen-bond donors (Lipinski definition) is 0. The normalized spacial score (nSPS) is 11.8. The predicted molar refractivity (Wildman–Crippen MR) is 316 cm³/mol. The lowest BCUT2D eigenvalue weighted by atomic mass is 9.93. The number of thiophene rings is 2.